The molecule has 162 valence electrons. The molecule has 7 heteroatoms. The predicted octanol–water partition coefficient (Wildman–Crippen LogP) is 6.83. The first-order chi connectivity index (χ1) is 15.5. The molecule has 0 amide bonds. The van der Waals surface area contributed by atoms with Gasteiger partial charge in [-0.05, 0) is 55.0 Å². The van der Waals surface area contributed by atoms with Crippen LogP contribution in [0.4, 0.5) is 5.82 Å². The number of ether oxygens (including phenoxy) is 2. The zero-order valence-corrected chi connectivity index (χ0v) is 19.1. The number of aryl methyl sites for hydroxylation is 1. The van der Waals surface area contributed by atoms with Crippen LogP contribution < -0.4 is 9.47 Å². The third kappa shape index (κ3) is 5.13. The van der Waals surface area contributed by atoms with Gasteiger partial charge >= 0.3 is 0 Å². The standard InChI is InChI=1S/C25H21Cl2N3O2/c1-17-12-25(30(29-17)21-8-5-7-20(26)14-21)28-15-18-10-11-23(24(13-18)31-2)32-16-19-6-3-4-9-22(19)27/h3-15H,16H2,1-2H3. The Morgan fingerprint density at radius 3 is 2.59 bits per heavy atom. The Morgan fingerprint density at radius 1 is 0.969 bits per heavy atom. The first-order valence-electron chi connectivity index (χ1n) is 9.94. The summed E-state index contributed by atoms with van der Waals surface area (Å²) < 4.78 is 13.2. The van der Waals surface area contributed by atoms with Crippen molar-refractivity contribution in [2.75, 3.05) is 7.11 Å². The largest absolute Gasteiger partial charge is 0.493 e. The summed E-state index contributed by atoms with van der Waals surface area (Å²) in [6.07, 6.45) is 1.76. The number of halogens is 2. The molecule has 0 saturated carbocycles. The number of hydrogen-bond acceptors (Lipinski definition) is 4. The quantitative estimate of drug-likeness (QED) is 0.281. The van der Waals surface area contributed by atoms with Crippen LogP contribution in [0, 0.1) is 6.92 Å². The van der Waals surface area contributed by atoms with Gasteiger partial charge in [-0.2, -0.15) is 5.10 Å². The summed E-state index contributed by atoms with van der Waals surface area (Å²) >= 11 is 12.3. The maximum Gasteiger partial charge on any atom is 0.161 e. The number of hydrogen-bond donors (Lipinski definition) is 0. The van der Waals surface area contributed by atoms with E-state index in [0.717, 1.165) is 22.5 Å². The van der Waals surface area contributed by atoms with E-state index in [-0.39, 0.29) is 0 Å². The molecule has 1 aromatic heterocycles. The summed E-state index contributed by atoms with van der Waals surface area (Å²) in [7, 11) is 1.61. The van der Waals surface area contributed by atoms with Crippen LogP contribution in [0.15, 0.2) is 77.8 Å². The van der Waals surface area contributed by atoms with Crippen molar-refractivity contribution in [3.8, 4) is 17.2 Å². The molecule has 0 spiro atoms. The number of benzene rings is 3. The van der Waals surface area contributed by atoms with Crippen molar-refractivity contribution in [3.05, 3.63) is 99.7 Å². The van der Waals surface area contributed by atoms with Crippen LogP contribution in [-0.2, 0) is 6.61 Å². The van der Waals surface area contributed by atoms with Crippen LogP contribution in [0.2, 0.25) is 10.0 Å². The zero-order valence-electron chi connectivity index (χ0n) is 17.6. The van der Waals surface area contributed by atoms with Crippen molar-refractivity contribution in [3.63, 3.8) is 0 Å². The molecule has 5 nitrogen and oxygen atoms in total. The monoisotopic (exact) mass is 465 g/mol. The Hall–Kier alpha value is -3.28. The van der Waals surface area contributed by atoms with E-state index >= 15 is 0 Å². The van der Waals surface area contributed by atoms with Crippen molar-refractivity contribution in [1.82, 2.24) is 9.78 Å². The van der Waals surface area contributed by atoms with Gasteiger partial charge in [0.1, 0.15) is 6.61 Å². The van der Waals surface area contributed by atoms with Gasteiger partial charge in [-0.25, -0.2) is 9.67 Å². The molecule has 1 heterocycles. The van der Waals surface area contributed by atoms with E-state index in [1.807, 2.05) is 79.7 Å². The van der Waals surface area contributed by atoms with E-state index in [9.17, 15) is 0 Å². The van der Waals surface area contributed by atoms with E-state index in [4.69, 9.17) is 32.7 Å². The van der Waals surface area contributed by atoms with Gasteiger partial charge in [-0.15, -0.1) is 0 Å². The number of methoxy groups -OCH3 is 1. The minimum atomic E-state index is 0.349. The highest BCUT2D eigenvalue weighted by Gasteiger charge is 2.09. The van der Waals surface area contributed by atoms with E-state index in [1.165, 1.54) is 0 Å². The lowest BCUT2D eigenvalue weighted by Crippen LogP contribution is -1.99. The summed E-state index contributed by atoms with van der Waals surface area (Å²) in [4.78, 5) is 4.63. The van der Waals surface area contributed by atoms with Crippen LogP contribution in [0.3, 0.4) is 0 Å². The van der Waals surface area contributed by atoms with Crippen LogP contribution in [0.5, 0.6) is 11.5 Å². The lowest BCUT2D eigenvalue weighted by atomic mass is 10.2. The molecule has 0 radical (unpaired) electrons. The SMILES string of the molecule is COc1cc(C=Nc2cc(C)nn2-c2cccc(Cl)c2)ccc1OCc1ccccc1Cl. The molecule has 0 bridgehead atoms. The highest BCUT2D eigenvalue weighted by Crippen LogP contribution is 2.30. The van der Waals surface area contributed by atoms with E-state index in [2.05, 4.69) is 10.1 Å². The molecule has 0 aliphatic heterocycles. The molecule has 0 aliphatic rings. The van der Waals surface area contributed by atoms with E-state index in [1.54, 1.807) is 18.0 Å². The van der Waals surface area contributed by atoms with Crippen molar-refractivity contribution < 1.29 is 9.47 Å². The van der Waals surface area contributed by atoms with Crippen molar-refractivity contribution >= 4 is 35.2 Å². The molecule has 0 N–H and O–H groups in total. The molecule has 0 saturated heterocycles. The molecular weight excluding hydrogens is 445 g/mol. The van der Waals surface area contributed by atoms with Gasteiger partial charge in [0, 0.05) is 27.9 Å². The molecule has 0 aliphatic carbocycles. The van der Waals surface area contributed by atoms with Crippen LogP contribution >= 0.6 is 23.2 Å². The topological polar surface area (TPSA) is 48.6 Å². The summed E-state index contributed by atoms with van der Waals surface area (Å²) in [5, 5.41) is 5.84. The second kappa shape index (κ2) is 9.90. The fourth-order valence-corrected chi connectivity index (χ4v) is 3.55. The Kier molecular flexibility index (Phi) is 6.78. The summed E-state index contributed by atoms with van der Waals surface area (Å²) in [5.74, 6) is 1.94. The molecule has 4 rings (SSSR count). The summed E-state index contributed by atoms with van der Waals surface area (Å²) in [6, 6.07) is 22.6. The normalized spacial score (nSPS) is 11.1. The molecule has 4 aromatic rings. The zero-order chi connectivity index (χ0) is 22.5. The van der Waals surface area contributed by atoms with Crippen LogP contribution in [0.1, 0.15) is 16.8 Å². The molecule has 3 aromatic carbocycles. The molecule has 0 unspecified atom stereocenters. The molecule has 0 fully saturated rings. The van der Waals surface area contributed by atoms with Crippen molar-refractivity contribution in [2.45, 2.75) is 13.5 Å². The number of nitrogens with zero attached hydrogens (tertiary/aromatic N) is 3. The van der Waals surface area contributed by atoms with Crippen molar-refractivity contribution in [2.24, 2.45) is 4.99 Å². The van der Waals surface area contributed by atoms with E-state index in [0.29, 0.717) is 34.0 Å². The Bertz CT molecular complexity index is 1270. The van der Waals surface area contributed by atoms with Gasteiger partial charge in [0.15, 0.2) is 17.3 Å². The lowest BCUT2D eigenvalue weighted by molar-refractivity contribution is 0.284. The van der Waals surface area contributed by atoms with Crippen LogP contribution in [0.25, 0.3) is 5.69 Å². The average Bonchev–Trinajstić information content (AvgIpc) is 3.18. The number of aromatic nitrogens is 2. The van der Waals surface area contributed by atoms with Gasteiger partial charge in [0.2, 0.25) is 0 Å². The second-order valence-electron chi connectivity index (χ2n) is 7.08. The third-order valence-corrected chi connectivity index (χ3v) is 5.34. The maximum atomic E-state index is 6.21. The minimum Gasteiger partial charge on any atom is -0.493 e. The smallest absolute Gasteiger partial charge is 0.161 e. The van der Waals surface area contributed by atoms with Gasteiger partial charge in [0.05, 0.1) is 18.5 Å². The molecule has 32 heavy (non-hydrogen) atoms. The van der Waals surface area contributed by atoms with Gasteiger partial charge in [-0.3, -0.25) is 0 Å². The highest BCUT2D eigenvalue weighted by molar-refractivity contribution is 6.31. The van der Waals surface area contributed by atoms with Gasteiger partial charge in [-0.1, -0.05) is 47.5 Å². The number of aliphatic imine (C=N–C) groups is 1. The summed E-state index contributed by atoms with van der Waals surface area (Å²) in [5.41, 5.74) is 3.48. The fourth-order valence-electron chi connectivity index (χ4n) is 3.17. The second-order valence-corrected chi connectivity index (χ2v) is 7.93. The molecule has 0 atom stereocenters. The molecular formula is C25H21Cl2N3O2. The Morgan fingerprint density at radius 2 is 1.81 bits per heavy atom. The average molecular weight is 466 g/mol. The Balaban J connectivity index is 1.55. The lowest BCUT2D eigenvalue weighted by Gasteiger charge is -2.12. The van der Waals surface area contributed by atoms with Gasteiger partial charge < -0.3 is 9.47 Å². The summed E-state index contributed by atoms with van der Waals surface area (Å²) in [6.45, 7) is 2.27. The van der Waals surface area contributed by atoms with E-state index < -0.39 is 0 Å². The van der Waals surface area contributed by atoms with Gasteiger partial charge in [0.25, 0.3) is 0 Å². The Labute approximate surface area is 196 Å². The third-order valence-electron chi connectivity index (χ3n) is 4.74. The minimum absolute atomic E-state index is 0.349. The fraction of sp³-hybridized carbons (Fsp3) is 0.120. The first-order valence-corrected chi connectivity index (χ1v) is 10.7. The van der Waals surface area contributed by atoms with Crippen molar-refractivity contribution in [1.29, 1.82) is 0 Å². The predicted molar refractivity (Wildman–Crippen MR) is 129 cm³/mol. The first kappa shape index (κ1) is 21.9. The highest BCUT2D eigenvalue weighted by atomic mass is 35.5. The maximum absolute atomic E-state index is 6.21. The number of rotatable bonds is 7. The van der Waals surface area contributed by atoms with Crippen LogP contribution in [-0.4, -0.2) is 23.1 Å².